The molecule has 1 unspecified atom stereocenters. The van der Waals surface area contributed by atoms with Crippen LogP contribution in [-0.4, -0.2) is 23.0 Å². The van der Waals surface area contributed by atoms with Crippen LogP contribution in [0.4, 0.5) is 4.39 Å². The van der Waals surface area contributed by atoms with Crippen molar-refractivity contribution in [3.8, 4) is 0 Å². The molecule has 20 heavy (non-hydrogen) atoms. The highest BCUT2D eigenvalue weighted by Gasteiger charge is 2.30. The number of aliphatic carboxylic acids is 1. The Morgan fingerprint density at radius 1 is 1.45 bits per heavy atom. The number of amides is 1. The smallest absolute Gasteiger partial charge is 0.326 e. The number of hydrogen-bond donors (Lipinski definition) is 2. The summed E-state index contributed by atoms with van der Waals surface area (Å²) in [6.07, 6.45) is 2.46. The topological polar surface area (TPSA) is 66.4 Å². The number of carbonyl (C=O) groups is 2. The monoisotopic (exact) mass is 343 g/mol. The molecule has 1 saturated carbocycles. The van der Waals surface area contributed by atoms with E-state index in [1.165, 1.54) is 18.2 Å². The van der Waals surface area contributed by atoms with Crippen LogP contribution in [0.3, 0.4) is 0 Å². The van der Waals surface area contributed by atoms with Crippen LogP contribution >= 0.6 is 15.9 Å². The maximum absolute atomic E-state index is 13.1. The number of hydrogen-bond acceptors (Lipinski definition) is 2. The molecule has 0 spiro atoms. The lowest BCUT2D eigenvalue weighted by Gasteiger charge is -2.14. The lowest BCUT2D eigenvalue weighted by atomic mass is 10.1. The van der Waals surface area contributed by atoms with Crippen molar-refractivity contribution in [1.29, 1.82) is 0 Å². The summed E-state index contributed by atoms with van der Waals surface area (Å²) in [6, 6.07) is 3.22. The van der Waals surface area contributed by atoms with Crippen molar-refractivity contribution < 1.29 is 19.1 Å². The third kappa shape index (κ3) is 4.30. The van der Waals surface area contributed by atoms with Crippen LogP contribution in [0.5, 0.6) is 0 Å². The lowest BCUT2D eigenvalue weighted by Crippen LogP contribution is -2.41. The molecule has 2 rings (SSSR count). The Morgan fingerprint density at radius 3 is 2.75 bits per heavy atom. The van der Waals surface area contributed by atoms with Gasteiger partial charge in [0.15, 0.2) is 0 Å². The van der Waals surface area contributed by atoms with Crippen LogP contribution in [-0.2, 0) is 16.0 Å². The predicted octanol–water partition coefficient (Wildman–Crippen LogP) is 2.50. The van der Waals surface area contributed by atoms with Crippen molar-refractivity contribution in [3.05, 3.63) is 34.1 Å². The number of carboxylic acid groups (broad SMARTS) is 1. The van der Waals surface area contributed by atoms with Crippen LogP contribution in [0.1, 0.15) is 24.8 Å². The molecule has 1 atom stereocenters. The fourth-order valence-electron chi connectivity index (χ4n) is 2.01. The van der Waals surface area contributed by atoms with E-state index in [4.69, 9.17) is 5.11 Å². The van der Waals surface area contributed by atoms with E-state index in [9.17, 15) is 14.0 Å². The Bertz CT molecular complexity index is 531. The molecular weight excluding hydrogens is 329 g/mol. The van der Waals surface area contributed by atoms with Gasteiger partial charge in [0.2, 0.25) is 5.91 Å². The third-order valence-electron chi connectivity index (χ3n) is 3.26. The minimum atomic E-state index is -1.02. The van der Waals surface area contributed by atoms with E-state index in [0.717, 1.165) is 12.8 Å². The number of nitrogens with one attached hydrogen (secondary N) is 1. The highest BCUT2D eigenvalue weighted by Crippen LogP contribution is 2.33. The van der Waals surface area contributed by atoms with Gasteiger partial charge in [0.25, 0.3) is 0 Å². The fourth-order valence-corrected chi connectivity index (χ4v) is 2.39. The van der Waals surface area contributed by atoms with E-state index >= 15 is 0 Å². The van der Waals surface area contributed by atoms with Gasteiger partial charge in [-0.3, -0.25) is 4.79 Å². The summed E-state index contributed by atoms with van der Waals surface area (Å²) in [5.41, 5.74) is 0.498. The van der Waals surface area contributed by atoms with Gasteiger partial charge >= 0.3 is 5.97 Å². The second-order valence-corrected chi connectivity index (χ2v) is 5.90. The first-order valence-electron chi connectivity index (χ1n) is 6.42. The number of benzene rings is 1. The molecule has 1 aromatic rings. The highest BCUT2D eigenvalue weighted by molar-refractivity contribution is 9.10. The quantitative estimate of drug-likeness (QED) is 0.833. The number of carboxylic acids is 1. The van der Waals surface area contributed by atoms with Gasteiger partial charge in [-0.15, -0.1) is 0 Å². The van der Waals surface area contributed by atoms with Crippen molar-refractivity contribution in [2.24, 2.45) is 5.92 Å². The maximum atomic E-state index is 13.1. The van der Waals surface area contributed by atoms with E-state index in [-0.39, 0.29) is 6.42 Å². The van der Waals surface area contributed by atoms with Crippen molar-refractivity contribution in [3.63, 3.8) is 0 Å². The van der Waals surface area contributed by atoms with Gasteiger partial charge in [0.05, 0.1) is 6.42 Å². The summed E-state index contributed by atoms with van der Waals surface area (Å²) in [7, 11) is 0. The zero-order valence-corrected chi connectivity index (χ0v) is 12.3. The Kier molecular flexibility index (Phi) is 4.75. The zero-order valence-electron chi connectivity index (χ0n) is 10.7. The molecule has 2 N–H and O–H groups in total. The molecule has 0 bridgehead atoms. The fraction of sp³-hybridized carbons (Fsp3) is 0.429. The Balaban J connectivity index is 1.96. The van der Waals surface area contributed by atoms with E-state index < -0.39 is 23.7 Å². The number of halogens is 2. The largest absolute Gasteiger partial charge is 0.480 e. The molecule has 1 aliphatic rings. The van der Waals surface area contributed by atoms with Crippen LogP contribution in [0, 0.1) is 11.7 Å². The van der Waals surface area contributed by atoms with Gasteiger partial charge in [-0.25, -0.2) is 9.18 Å². The Morgan fingerprint density at radius 2 is 2.15 bits per heavy atom. The molecule has 0 radical (unpaired) electrons. The van der Waals surface area contributed by atoms with Gasteiger partial charge < -0.3 is 10.4 Å². The van der Waals surface area contributed by atoms with Crippen LogP contribution < -0.4 is 5.32 Å². The molecule has 1 amide bonds. The first kappa shape index (κ1) is 15.0. The molecular formula is C14H15BrFNO3. The van der Waals surface area contributed by atoms with E-state index in [1.807, 2.05) is 0 Å². The van der Waals surface area contributed by atoms with E-state index in [1.54, 1.807) is 0 Å². The van der Waals surface area contributed by atoms with Crippen molar-refractivity contribution in [1.82, 2.24) is 5.32 Å². The lowest BCUT2D eigenvalue weighted by molar-refractivity contribution is -0.142. The third-order valence-corrected chi connectivity index (χ3v) is 4.03. The second-order valence-electron chi connectivity index (χ2n) is 5.05. The standard InChI is InChI=1S/C14H15BrFNO3/c15-11-4-3-10(16)6-9(11)7-13(18)17-12(14(19)20)5-8-1-2-8/h3-4,6,8,12H,1-2,5,7H2,(H,17,18)(H,19,20). The van der Waals surface area contributed by atoms with Gasteiger partial charge in [0.1, 0.15) is 11.9 Å². The first-order valence-corrected chi connectivity index (χ1v) is 7.21. The second kappa shape index (κ2) is 6.35. The van der Waals surface area contributed by atoms with Crippen molar-refractivity contribution in [2.45, 2.75) is 31.7 Å². The van der Waals surface area contributed by atoms with Crippen LogP contribution in [0.15, 0.2) is 22.7 Å². The molecule has 1 aliphatic carbocycles. The first-order chi connectivity index (χ1) is 9.45. The molecule has 6 heteroatoms. The minimum absolute atomic E-state index is 0.0488. The molecule has 4 nitrogen and oxygen atoms in total. The highest BCUT2D eigenvalue weighted by atomic mass is 79.9. The predicted molar refractivity (Wildman–Crippen MR) is 74.7 cm³/mol. The van der Waals surface area contributed by atoms with Gasteiger partial charge in [-0.05, 0) is 36.1 Å². The maximum Gasteiger partial charge on any atom is 0.326 e. The number of rotatable bonds is 6. The normalized spacial score (nSPS) is 15.7. The molecule has 0 aliphatic heterocycles. The summed E-state index contributed by atoms with van der Waals surface area (Å²) in [5.74, 6) is -1.46. The average molecular weight is 344 g/mol. The minimum Gasteiger partial charge on any atom is -0.480 e. The van der Waals surface area contributed by atoms with Crippen LogP contribution in [0.25, 0.3) is 0 Å². The van der Waals surface area contributed by atoms with Crippen LogP contribution in [0.2, 0.25) is 0 Å². The van der Waals surface area contributed by atoms with Crippen molar-refractivity contribution in [2.75, 3.05) is 0 Å². The molecule has 0 aromatic heterocycles. The van der Waals surface area contributed by atoms with Crippen molar-refractivity contribution >= 4 is 27.8 Å². The molecule has 0 heterocycles. The SMILES string of the molecule is O=C(Cc1cc(F)ccc1Br)NC(CC1CC1)C(=O)O. The Hall–Kier alpha value is -1.43. The molecule has 1 aromatic carbocycles. The summed E-state index contributed by atoms with van der Waals surface area (Å²) in [5, 5.41) is 11.6. The summed E-state index contributed by atoms with van der Waals surface area (Å²) in [6.45, 7) is 0. The summed E-state index contributed by atoms with van der Waals surface area (Å²) in [4.78, 5) is 23.0. The van der Waals surface area contributed by atoms with E-state index in [2.05, 4.69) is 21.2 Å². The Labute approximate surface area is 124 Å². The van der Waals surface area contributed by atoms with Gasteiger partial charge in [-0.1, -0.05) is 28.8 Å². The molecule has 108 valence electrons. The average Bonchev–Trinajstić information content (AvgIpc) is 3.17. The molecule has 1 fully saturated rings. The van der Waals surface area contributed by atoms with Gasteiger partial charge in [0, 0.05) is 4.47 Å². The zero-order chi connectivity index (χ0) is 14.7. The summed E-state index contributed by atoms with van der Waals surface area (Å²) < 4.78 is 13.7. The summed E-state index contributed by atoms with van der Waals surface area (Å²) >= 11 is 3.24. The number of carbonyl (C=O) groups excluding carboxylic acids is 1. The molecule has 0 saturated heterocycles. The van der Waals surface area contributed by atoms with E-state index in [0.29, 0.717) is 22.4 Å². The van der Waals surface area contributed by atoms with Gasteiger partial charge in [-0.2, -0.15) is 0 Å².